The topological polar surface area (TPSA) is 97.6 Å². The van der Waals surface area contributed by atoms with E-state index in [0.717, 1.165) is 12.1 Å². The molecule has 0 radical (unpaired) electrons. The molecular weight excluding hydrogens is 444 g/mol. The minimum atomic E-state index is -1.35. The molecule has 0 amide bonds. The predicted molar refractivity (Wildman–Crippen MR) is 108 cm³/mol. The average Bonchev–Trinajstić information content (AvgIpc) is 3.29. The molecule has 0 bridgehead atoms. The lowest BCUT2D eigenvalue weighted by atomic mass is 10.0. The molecule has 1 aliphatic rings. The highest BCUT2D eigenvalue weighted by molar-refractivity contribution is 7.83. The first kappa shape index (κ1) is 19.9. The lowest BCUT2D eigenvalue weighted by Crippen LogP contribution is -2.47. The second-order valence-corrected chi connectivity index (χ2v) is 9.47. The van der Waals surface area contributed by atoms with E-state index in [1.165, 1.54) is 21.7 Å². The van der Waals surface area contributed by atoms with Crippen molar-refractivity contribution in [2.24, 2.45) is 10.7 Å². The van der Waals surface area contributed by atoms with Crippen LogP contribution >= 0.6 is 22.9 Å². The third kappa shape index (κ3) is 3.53. The minimum Gasteiger partial charge on any atom is -0.415 e. The number of hydrogen-bond acceptors (Lipinski definition) is 7. The number of aliphatic imine (C=N–C) groups is 1. The van der Waals surface area contributed by atoms with E-state index in [9.17, 15) is 13.0 Å². The van der Waals surface area contributed by atoms with Gasteiger partial charge in [-0.15, -0.1) is 21.5 Å². The van der Waals surface area contributed by atoms with Crippen LogP contribution in [0.4, 0.5) is 8.78 Å². The molecule has 2 aromatic heterocycles. The summed E-state index contributed by atoms with van der Waals surface area (Å²) < 4.78 is 45.9. The highest BCUT2D eigenvalue weighted by atomic mass is 35.5. The fourth-order valence-electron chi connectivity index (χ4n) is 2.82. The van der Waals surface area contributed by atoms with Crippen LogP contribution in [0.25, 0.3) is 22.2 Å². The summed E-state index contributed by atoms with van der Waals surface area (Å²) in [6, 6.07) is 4.95. The highest BCUT2D eigenvalue weighted by Gasteiger charge is 2.39. The Balaban J connectivity index is 1.70. The van der Waals surface area contributed by atoms with E-state index < -0.39 is 28.2 Å². The summed E-state index contributed by atoms with van der Waals surface area (Å²) >= 11 is 7.68. The fraction of sp³-hybridized carbons (Fsp3) is 0.235. The summed E-state index contributed by atoms with van der Waals surface area (Å²) in [5, 5.41) is 8.26. The van der Waals surface area contributed by atoms with Crippen molar-refractivity contribution in [1.82, 2.24) is 14.5 Å². The molecular formula is C17H14ClF2N5O2S2. The van der Waals surface area contributed by atoms with Crippen molar-refractivity contribution in [1.29, 1.82) is 0 Å². The van der Waals surface area contributed by atoms with Gasteiger partial charge in [-0.1, -0.05) is 11.6 Å². The first-order valence-electron chi connectivity index (χ1n) is 8.24. The summed E-state index contributed by atoms with van der Waals surface area (Å²) in [6.07, 6.45) is 0. The SMILES string of the molecule is CN1C(N)=N[C@](C)(c2sc(-c3nnc(-c4ccc(F)c(F)c4)o3)cc2Cl)CS1=O. The van der Waals surface area contributed by atoms with Gasteiger partial charge in [0.05, 0.1) is 20.5 Å². The van der Waals surface area contributed by atoms with Crippen LogP contribution in [0.1, 0.15) is 11.8 Å². The van der Waals surface area contributed by atoms with Gasteiger partial charge in [-0.05, 0) is 31.2 Å². The van der Waals surface area contributed by atoms with E-state index in [-0.39, 0.29) is 29.1 Å². The standard InChI is InChI=1S/C17H14ClF2N5O2S2/c1-17(7-29(26)25(2)16(21)22-17)13-9(18)6-12(28-13)15-24-23-14(27-15)8-3-4-10(19)11(20)5-8/h3-6H,7H2,1-2H3,(H2,21,22)/t17-,29?/m0/s1. The summed E-state index contributed by atoms with van der Waals surface area (Å²) in [5.74, 6) is -1.40. The molecule has 29 heavy (non-hydrogen) atoms. The second kappa shape index (κ2) is 7.15. The van der Waals surface area contributed by atoms with Crippen LogP contribution in [-0.2, 0) is 16.5 Å². The van der Waals surface area contributed by atoms with Gasteiger partial charge < -0.3 is 10.2 Å². The van der Waals surface area contributed by atoms with Gasteiger partial charge in [-0.25, -0.2) is 18.0 Å². The molecule has 1 aliphatic heterocycles. The number of rotatable bonds is 3. The van der Waals surface area contributed by atoms with E-state index in [1.54, 1.807) is 20.0 Å². The van der Waals surface area contributed by atoms with E-state index in [0.29, 0.717) is 14.8 Å². The Morgan fingerprint density at radius 2 is 2.00 bits per heavy atom. The lowest BCUT2D eigenvalue weighted by Gasteiger charge is -2.33. The van der Waals surface area contributed by atoms with Gasteiger partial charge in [-0.2, -0.15) is 0 Å². The van der Waals surface area contributed by atoms with Crippen LogP contribution in [0.15, 0.2) is 33.7 Å². The van der Waals surface area contributed by atoms with Crippen molar-refractivity contribution in [2.75, 3.05) is 12.8 Å². The molecule has 0 saturated heterocycles. The fourth-order valence-corrected chi connectivity index (χ4v) is 5.60. The van der Waals surface area contributed by atoms with Crippen molar-refractivity contribution in [3.63, 3.8) is 0 Å². The maximum atomic E-state index is 13.5. The minimum absolute atomic E-state index is 0.0406. The van der Waals surface area contributed by atoms with Gasteiger partial charge in [0, 0.05) is 12.6 Å². The highest BCUT2D eigenvalue weighted by Crippen LogP contribution is 2.43. The normalized spacial score (nSPS) is 22.0. The number of hydrogen-bond donors (Lipinski definition) is 1. The molecule has 2 atom stereocenters. The maximum Gasteiger partial charge on any atom is 0.258 e. The molecule has 4 rings (SSSR count). The zero-order valence-corrected chi connectivity index (χ0v) is 17.5. The smallest absolute Gasteiger partial charge is 0.258 e. The molecule has 3 heterocycles. The molecule has 0 saturated carbocycles. The zero-order valence-electron chi connectivity index (χ0n) is 15.1. The van der Waals surface area contributed by atoms with Crippen molar-refractivity contribution in [3.8, 4) is 22.2 Å². The summed E-state index contributed by atoms with van der Waals surface area (Å²) in [5.41, 5.74) is 5.27. The summed E-state index contributed by atoms with van der Waals surface area (Å²) in [4.78, 5) is 5.68. The Hall–Kier alpha value is -2.37. The Labute approximate surface area is 175 Å². The first-order chi connectivity index (χ1) is 13.7. The summed E-state index contributed by atoms with van der Waals surface area (Å²) in [7, 11) is 0.260. The van der Waals surface area contributed by atoms with E-state index >= 15 is 0 Å². The third-order valence-electron chi connectivity index (χ3n) is 4.37. The van der Waals surface area contributed by atoms with Crippen molar-refractivity contribution >= 4 is 39.9 Å². The second-order valence-electron chi connectivity index (χ2n) is 6.54. The molecule has 12 heteroatoms. The molecule has 0 spiro atoms. The van der Waals surface area contributed by atoms with Crippen molar-refractivity contribution in [2.45, 2.75) is 12.5 Å². The molecule has 3 aromatic rings. The van der Waals surface area contributed by atoms with Crippen LogP contribution in [0.2, 0.25) is 5.02 Å². The van der Waals surface area contributed by atoms with E-state index in [2.05, 4.69) is 15.2 Å². The molecule has 0 aliphatic carbocycles. The van der Waals surface area contributed by atoms with Crippen LogP contribution in [0, 0.1) is 11.6 Å². The van der Waals surface area contributed by atoms with E-state index in [4.69, 9.17) is 21.8 Å². The monoisotopic (exact) mass is 457 g/mol. The van der Waals surface area contributed by atoms with Crippen LogP contribution in [0.5, 0.6) is 0 Å². The van der Waals surface area contributed by atoms with Gasteiger partial charge in [0.15, 0.2) is 11.6 Å². The van der Waals surface area contributed by atoms with Crippen molar-refractivity contribution in [3.05, 3.63) is 45.8 Å². The number of aromatic nitrogens is 2. The Kier molecular flexibility index (Phi) is 4.91. The predicted octanol–water partition coefficient (Wildman–Crippen LogP) is 3.54. The third-order valence-corrected chi connectivity index (χ3v) is 7.77. The summed E-state index contributed by atoms with van der Waals surface area (Å²) in [6.45, 7) is 1.80. The molecule has 1 aromatic carbocycles. The van der Waals surface area contributed by atoms with Gasteiger partial charge in [0.2, 0.25) is 11.9 Å². The van der Waals surface area contributed by atoms with Gasteiger partial charge in [0.25, 0.3) is 5.89 Å². The van der Waals surface area contributed by atoms with Gasteiger partial charge >= 0.3 is 0 Å². The maximum absolute atomic E-state index is 13.5. The molecule has 1 unspecified atom stereocenters. The molecule has 2 N–H and O–H groups in total. The molecule has 7 nitrogen and oxygen atoms in total. The van der Waals surface area contributed by atoms with Crippen LogP contribution in [-0.4, -0.2) is 37.5 Å². The first-order valence-corrected chi connectivity index (χ1v) is 10.7. The Morgan fingerprint density at radius 1 is 1.28 bits per heavy atom. The number of nitrogens with two attached hydrogens (primary N) is 1. The number of halogens is 3. The number of guanidine groups is 1. The molecule has 152 valence electrons. The quantitative estimate of drug-likeness (QED) is 0.648. The van der Waals surface area contributed by atoms with Crippen molar-refractivity contribution < 1.29 is 17.4 Å². The number of benzene rings is 1. The number of thiophene rings is 1. The Morgan fingerprint density at radius 3 is 2.69 bits per heavy atom. The number of nitrogens with zero attached hydrogens (tertiary/aromatic N) is 4. The van der Waals surface area contributed by atoms with Gasteiger partial charge in [-0.3, -0.25) is 4.31 Å². The molecule has 0 fully saturated rings. The Bertz CT molecular complexity index is 1160. The largest absolute Gasteiger partial charge is 0.415 e. The lowest BCUT2D eigenvalue weighted by molar-refractivity contribution is 0.508. The van der Waals surface area contributed by atoms with Crippen LogP contribution < -0.4 is 5.73 Å². The van der Waals surface area contributed by atoms with Crippen LogP contribution in [0.3, 0.4) is 0 Å². The zero-order chi connectivity index (χ0) is 20.9. The van der Waals surface area contributed by atoms with E-state index in [1.807, 2.05) is 0 Å². The van der Waals surface area contributed by atoms with Gasteiger partial charge in [0.1, 0.15) is 16.5 Å². The average molecular weight is 458 g/mol.